The lowest BCUT2D eigenvalue weighted by atomic mass is 10.0. The molecule has 1 aromatic heterocycles. The van der Waals surface area contributed by atoms with Crippen LogP contribution in [0.1, 0.15) is 25.1 Å². The highest BCUT2D eigenvalue weighted by molar-refractivity contribution is 5.46. The largest absolute Gasteiger partial charge is 0.497 e. The molecule has 1 aromatic carbocycles. The van der Waals surface area contributed by atoms with Gasteiger partial charge in [-0.3, -0.25) is 0 Å². The summed E-state index contributed by atoms with van der Waals surface area (Å²) in [4.78, 5) is 4.20. The predicted molar refractivity (Wildman–Crippen MR) is 72.1 cm³/mol. The van der Waals surface area contributed by atoms with E-state index in [2.05, 4.69) is 4.98 Å². The summed E-state index contributed by atoms with van der Waals surface area (Å²) in [5, 5.41) is 0. The van der Waals surface area contributed by atoms with Gasteiger partial charge in [-0.15, -0.1) is 0 Å². The molecule has 0 unspecified atom stereocenters. The number of ether oxygens (including phenoxy) is 1. The van der Waals surface area contributed by atoms with Crippen LogP contribution in [0.5, 0.6) is 5.75 Å². The number of rotatable bonds is 3. The summed E-state index contributed by atoms with van der Waals surface area (Å²) in [6.07, 6.45) is 3.60. The van der Waals surface area contributed by atoms with Crippen molar-refractivity contribution in [2.24, 2.45) is 5.73 Å². The van der Waals surface area contributed by atoms with Gasteiger partial charge in [-0.25, -0.2) is 4.98 Å². The highest BCUT2D eigenvalue weighted by Gasteiger charge is 2.20. The molecule has 0 radical (unpaired) electrons. The molecule has 2 aromatic rings. The quantitative estimate of drug-likeness (QED) is 0.903. The van der Waals surface area contributed by atoms with Gasteiger partial charge in [0.15, 0.2) is 0 Å². The van der Waals surface area contributed by atoms with E-state index in [-0.39, 0.29) is 0 Å². The van der Waals surface area contributed by atoms with Crippen molar-refractivity contribution in [1.82, 2.24) is 9.55 Å². The number of hydrogen-bond donors (Lipinski definition) is 1. The van der Waals surface area contributed by atoms with E-state index in [1.54, 1.807) is 13.4 Å². The van der Waals surface area contributed by atoms with Gasteiger partial charge in [0.2, 0.25) is 0 Å². The fourth-order valence-corrected chi connectivity index (χ4v) is 1.99. The normalized spacial score (nSPS) is 11.6. The van der Waals surface area contributed by atoms with E-state index >= 15 is 0 Å². The van der Waals surface area contributed by atoms with Crippen LogP contribution >= 0.6 is 0 Å². The number of nitrogens with two attached hydrogens (primary N) is 1. The van der Waals surface area contributed by atoms with E-state index < -0.39 is 5.54 Å². The van der Waals surface area contributed by atoms with Crippen LogP contribution in [0, 0.1) is 6.92 Å². The number of aromatic nitrogens is 2. The monoisotopic (exact) mass is 245 g/mol. The average Bonchev–Trinajstić information content (AvgIpc) is 2.77. The molecule has 18 heavy (non-hydrogen) atoms. The Morgan fingerprint density at radius 2 is 2.06 bits per heavy atom. The van der Waals surface area contributed by atoms with E-state index in [0.717, 1.165) is 22.7 Å². The molecule has 4 heteroatoms. The number of benzene rings is 1. The molecule has 2 rings (SSSR count). The summed E-state index contributed by atoms with van der Waals surface area (Å²) in [5.74, 6) is 0.852. The van der Waals surface area contributed by atoms with Gasteiger partial charge in [0.05, 0.1) is 36.6 Å². The lowest BCUT2D eigenvalue weighted by Gasteiger charge is -2.21. The van der Waals surface area contributed by atoms with Gasteiger partial charge >= 0.3 is 0 Å². The Morgan fingerprint density at radius 3 is 2.61 bits per heavy atom. The summed E-state index contributed by atoms with van der Waals surface area (Å²) >= 11 is 0. The first kappa shape index (κ1) is 12.6. The first-order chi connectivity index (χ1) is 8.43. The number of nitrogens with zero attached hydrogens (tertiary/aromatic N) is 2. The van der Waals surface area contributed by atoms with Crippen LogP contribution in [0.25, 0.3) is 5.69 Å². The van der Waals surface area contributed by atoms with E-state index in [4.69, 9.17) is 10.5 Å². The summed E-state index contributed by atoms with van der Waals surface area (Å²) in [5.41, 5.74) is 8.91. The Kier molecular flexibility index (Phi) is 3.13. The van der Waals surface area contributed by atoms with Crippen molar-refractivity contribution >= 4 is 0 Å². The van der Waals surface area contributed by atoms with Gasteiger partial charge in [0.25, 0.3) is 0 Å². The van der Waals surface area contributed by atoms with Crippen molar-refractivity contribution in [3.63, 3.8) is 0 Å². The minimum atomic E-state index is -0.428. The highest BCUT2D eigenvalue weighted by atomic mass is 16.5. The molecule has 0 atom stereocenters. The number of hydrogen-bond acceptors (Lipinski definition) is 3. The molecule has 0 fully saturated rings. The van der Waals surface area contributed by atoms with Crippen molar-refractivity contribution in [3.8, 4) is 11.4 Å². The SMILES string of the molecule is COc1ccc(-n2cncc2C(C)(C)N)c(C)c1. The van der Waals surface area contributed by atoms with Crippen LogP contribution in [-0.2, 0) is 5.54 Å². The predicted octanol–water partition coefficient (Wildman–Crippen LogP) is 2.38. The zero-order valence-electron chi connectivity index (χ0n) is 11.3. The maximum absolute atomic E-state index is 6.16. The van der Waals surface area contributed by atoms with E-state index in [0.29, 0.717) is 0 Å². The molecular formula is C14H19N3O. The van der Waals surface area contributed by atoms with Crippen molar-refractivity contribution < 1.29 is 4.74 Å². The summed E-state index contributed by atoms with van der Waals surface area (Å²) in [6, 6.07) is 5.96. The first-order valence-electron chi connectivity index (χ1n) is 5.90. The average molecular weight is 245 g/mol. The van der Waals surface area contributed by atoms with Crippen molar-refractivity contribution in [3.05, 3.63) is 42.0 Å². The van der Waals surface area contributed by atoms with Crippen molar-refractivity contribution in [2.75, 3.05) is 7.11 Å². The maximum Gasteiger partial charge on any atom is 0.119 e. The first-order valence-corrected chi connectivity index (χ1v) is 5.90. The van der Waals surface area contributed by atoms with Gasteiger partial charge in [0, 0.05) is 0 Å². The minimum Gasteiger partial charge on any atom is -0.497 e. The Morgan fingerprint density at radius 1 is 1.33 bits per heavy atom. The second-order valence-corrected chi connectivity index (χ2v) is 5.02. The van der Waals surface area contributed by atoms with Crippen molar-refractivity contribution in [2.45, 2.75) is 26.3 Å². The van der Waals surface area contributed by atoms with E-state index in [9.17, 15) is 0 Å². The fraction of sp³-hybridized carbons (Fsp3) is 0.357. The standard InChI is InChI=1S/C14H19N3O/c1-10-7-11(18-4)5-6-12(10)17-9-16-8-13(17)14(2,3)15/h5-9H,15H2,1-4H3. The van der Waals surface area contributed by atoms with Crippen LogP contribution in [0.2, 0.25) is 0 Å². The summed E-state index contributed by atoms with van der Waals surface area (Å²) < 4.78 is 7.24. The maximum atomic E-state index is 6.16. The Labute approximate surface area is 107 Å². The molecule has 0 bridgehead atoms. The van der Waals surface area contributed by atoms with Crippen molar-refractivity contribution in [1.29, 1.82) is 0 Å². The summed E-state index contributed by atoms with van der Waals surface area (Å²) in [7, 11) is 1.67. The molecule has 0 aliphatic heterocycles. The van der Waals surface area contributed by atoms with Crippen LogP contribution in [-0.4, -0.2) is 16.7 Å². The number of methoxy groups -OCH3 is 1. The molecular weight excluding hydrogens is 226 g/mol. The lowest BCUT2D eigenvalue weighted by Crippen LogP contribution is -2.31. The van der Waals surface area contributed by atoms with Crippen LogP contribution in [0.4, 0.5) is 0 Å². The zero-order chi connectivity index (χ0) is 13.3. The molecule has 1 heterocycles. The molecule has 4 nitrogen and oxygen atoms in total. The second-order valence-electron chi connectivity index (χ2n) is 5.02. The van der Waals surface area contributed by atoms with Crippen LogP contribution in [0.3, 0.4) is 0 Å². The van der Waals surface area contributed by atoms with E-state index in [1.807, 2.05) is 49.7 Å². The minimum absolute atomic E-state index is 0.428. The van der Waals surface area contributed by atoms with Gasteiger partial charge in [-0.2, -0.15) is 0 Å². The molecule has 0 spiro atoms. The second kappa shape index (κ2) is 4.46. The molecule has 0 amide bonds. The Balaban J connectivity index is 2.53. The van der Waals surface area contributed by atoms with Gasteiger partial charge in [-0.1, -0.05) is 0 Å². The zero-order valence-corrected chi connectivity index (χ0v) is 11.3. The van der Waals surface area contributed by atoms with Crippen LogP contribution < -0.4 is 10.5 Å². The fourth-order valence-electron chi connectivity index (χ4n) is 1.99. The molecule has 2 N–H and O–H groups in total. The third-order valence-electron chi connectivity index (χ3n) is 2.96. The Bertz CT molecular complexity index is 552. The number of imidazole rings is 1. The third-order valence-corrected chi connectivity index (χ3v) is 2.96. The Hall–Kier alpha value is -1.81. The molecule has 0 saturated carbocycles. The smallest absolute Gasteiger partial charge is 0.119 e. The summed E-state index contributed by atoms with van der Waals surface area (Å²) in [6.45, 7) is 5.99. The molecule has 96 valence electrons. The lowest BCUT2D eigenvalue weighted by molar-refractivity contribution is 0.414. The topological polar surface area (TPSA) is 53.1 Å². The third kappa shape index (κ3) is 2.24. The molecule has 0 aliphatic carbocycles. The van der Waals surface area contributed by atoms with E-state index in [1.165, 1.54) is 0 Å². The van der Waals surface area contributed by atoms with Gasteiger partial charge in [-0.05, 0) is 44.5 Å². The highest BCUT2D eigenvalue weighted by Crippen LogP contribution is 2.25. The van der Waals surface area contributed by atoms with Crippen LogP contribution in [0.15, 0.2) is 30.7 Å². The number of aryl methyl sites for hydroxylation is 1. The van der Waals surface area contributed by atoms with Gasteiger partial charge in [0.1, 0.15) is 5.75 Å². The molecule has 0 saturated heterocycles. The van der Waals surface area contributed by atoms with Gasteiger partial charge < -0.3 is 15.0 Å². The molecule has 0 aliphatic rings.